The Bertz CT molecular complexity index is 1880. The first-order valence-electron chi connectivity index (χ1n) is 19.9. The summed E-state index contributed by atoms with van der Waals surface area (Å²) in [6, 6.07) is 31.2. The smallest absolute Gasteiger partial charge is 0.252 e. The van der Waals surface area contributed by atoms with Crippen LogP contribution in [0.1, 0.15) is 110 Å². The summed E-state index contributed by atoms with van der Waals surface area (Å²) in [5, 5.41) is 0. The van der Waals surface area contributed by atoms with Gasteiger partial charge in [-0.3, -0.25) is 0 Å². The van der Waals surface area contributed by atoms with E-state index in [1.807, 2.05) is 0 Å². The molecule has 0 atom stereocenters. The van der Waals surface area contributed by atoms with Gasteiger partial charge in [0, 0.05) is 22.7 Å². The molecule has 0 unspecified atom stereocenters. The van der Waals surface area contributed by atoms with Crippen molar-refractivity contribution in [2.75, 3.05) is 9.80 Å². The molecule has 2 heterocycles. The maximum atomic E-state index is 2.60. The van der Waals surface area contributed by atoms with E-state index in [-0.39, 0.29) is 6.71 Å². The summed E-state index contributed by atoms with van der Waals surface area (Å²) in [5.41, 5.74) is 23.1. The van der Waals surface area contributed by atoms with E-state index in [0.29, 0.717) is 0 Å². The fraction of sp³-hybridized carbons (Fsp3) is 0.375. The minimum absolute atomic E-state index is 0.158. The third-order valence-electron chi connectivity index (χ3n) is 11.5. The molecule has 7 rings (SSSR count). The number of rotatable bonds is 12. The van der Waals surface area contributed by atoms with Gasteiger partial charge in [0.15, 0.2) is 0 Å². The molecule has 0 saturated carbocycles. The van der Waals surface area contributed by atoms with E-state index in [2.05, 4.69) is 144 Å². The number of hydrogen-bond acceptors (Lipinski definition) is 2. The molecule has 2 aliphatic rings. The van der Waals surface area contributed by atoms with E-state index in [4.69, 9.17) is 0 Å². The lowest BCUT2D eigenvalue weighted by atomic mass is 9.33. The first kappa shape index (κ1) is 35.2. The van der Waals surface area contributed by atoms with Gasteiger partial charge in [0.05, 0.1) is 11.4 Å². The molecule has 51 heavy (non-hydrogen) atoms. The van der Waals surface area contributed by atoms with E-state index in [1.165, 1.54) is 146 Å². The predicted molar refractivity (Wildman–Crippen MR) is 225 cm³/mol. The number of unbranched alkanes of at least 4 members (excludes halogenated alkanes) is 6. The van der Waals surface area contributed by atoms with Gasteiger partial charge in [-0.25, -0.2) is 0 Å². The Morgan fingerprint density at radius 2 is 0.863 bits per heavy atom. The Labute approximate surface area is 309 Å². The molecule has 0 aromatic heterocycles. The first-order chi connectivity index (χ1) is 24.7. The highest BCUT2D eigenvalue weighted by Crippen LogP contribution is 2.47. The topological polar surface area (TPSA) is 6.48 Å². The van der Waals surface area contributed by atoms with Crippen LogP contribution >= 0.6 is 0 Å². The molecule has 0 aliphatic carbocycles. The van der Waals surface area contributed by atoms with Crippen LogP contribution in [0.2, 0.25) is 0 Å². The Morgan fingerprint density at radius 3 is 1.25 bits per heavy atom. The van der Waals surface area contributed by atoms with Crippen LogP contribution in [0.5, 0.6) is 0 Å². The molecule has 5 aromatic carbocycles. The van der Waals surface area contributed by atoms with Crippen molar-refractivity contribution in [3.05, 3.63) is 123 Å². The van der Waals surface area contributed by atoms with E-state index < -0.39 is 0 Å². The van der Waals surface area contributed by atoms with Crippen molar-refractivity contribution in [1.29, 1.82) is 0 Å². The Hall–Kier alpha value is -4.24. The summed E-state index contributed by atoms with van der Waals surface area (Å²) in [6.07, 6.45) is 12.7. The van der Waals surface area contributed by atoms with Crippen LogP contribution < -0.4 is 26.2 Å². The Morgan fingerprint density at radius 1 is 0.451 bits per heavy atom. The van der Waals surface area contributed by atoms with Crippen molar-refractivity contribution in [2.45, 2.75) is 120 Å². The minimum Gasteiger partial charge on any atom is -0.311 e. The number of benzene rings is 5. The molecule has 262 valence electrons. The van der Waals surface area contributed by atoms with Crippen molar-refractivity contribution in [2.24, 2.45) is 0 Å². The van der Waals surface area contributed by atoms with Crippen LogP contribution in [0.15, 0.2) is 78.9 Å². The number of aryl methyl sites for hydroxylation is 8. The molecule has 0 bridgehead atoms. The summed E-state index contributed by atoms with van der Waals surface area (Å²) in [4.78, 5) is 5.21. The monoisotopic (exact) mass is 672 g/mol. The molecule has 5 aromatic rings. The molecule has 0 fully saturated rings. The fourth-order valence-corrected chi connectivity index (χ4v) is 9.26. The Balaban J connectivity index is 1.42. The number of anilines is 6. The lowest BCUT2D eigenvalue weighted by molar-refractivity contribution is 0.666. The highest BCUT2D eigenvalue weighted by atomic mass is 15.2. The second kappa shape index (κ2) is 14.8. The summed E-state index contributed by atoms with van der Waals surface area (Å²) in [7, 11) is 0. The lowest BCUT2D eigenvalue weighted by Crippen LogP contribution is -2.61. The second-order valence-corrected chi connectivity index (χ2v) is 15.7. The fourth-order valence-electron chi connectivity index (χ4n) is 9.26. The van der Waals surface area contributed by atoms with Gasteiger partial charge in [0.25, 0.3) is 6.71 Å². The van der Waals surface area contributed by atoms with Crippen LogP contribution in [-0.4, -0.2) is 6.71 Å². The van der Waals surface area contributed by atoms with Crippen molar-refractivity contribution in [3.63, 3.8) is 0 Å². The summed E-state index contributed by atoms with van der Waals surface area (Å²) < 4.78 is 0. The van der Waals surface area contributed by atoms with Gasteiger partial charge >= 0.3 is 0 Å². The molecule has 0 N–H and O–H groups in total. The average molecular weight is 673 g/mol. The number of nitrogens with zero attached hydrogens (tertiary/aromatic N) is 2. The SMILES string of the molecule is CCCCCCc1cc(C)c(N2c3ccc(C)cc3B3c4cc(C)ccc4N(c4c(C)cc(CCCCCC)cc4C)c4cccc2c43)c(C)c1. The van der Waals surface area contributed by atoms with Crippen LogP contribution in [0.25, 0.3) is 0 Å². The van der Waals surface area contributed by atoms with Gasteiger partial charge in [0.2, 0.25) is 0 Å². The van der Waals surface area contributed by atoms with Gasteiger partial charge in [0.1, 0.15) is 0 Å². The minimum atomic E-state index is 0.158. The highest BCUT2D eigenvalue weighted by Gasteiger charge is 2.44. The zero-order chi connectivity index (χ0) is 35.8. The van der Waals surface area contributed by atoms with E-state index >= 15 is 0 Å². The predicted octanol–water partition coefficient (Wildman–Crippen LogP) is 11.9. The van der Waals surface area contributed by atoms with Gasteiger partial charge < -0.3 is 9.80 Å². The highest BCUT2D eigenvalue weighted by molar-refractivity contribution is 7.00. The van der Waals surface area contributed by atoms with Gasteiger partial charge in [-0.05, 0) is 141 Å². The van der Waals surface area contributed by atoms with E-state index in [1.54, 1.807) is 0 Å². The average Bonchev–Trinajstić information content (AvgIpc) is 3.09. The standard InChI is InChI=1S/C48H57BN2/c1-9-11-13-15-18-38-28-34(5)47(35(6)29-38)50-42-24-22-32(3)26-40(42)49-41-27-33(4)23-25-43(41)51(45-21-17-20-44(50)46(45)49)48-36(7)30-39(31-37(48)8)19-16-14-12-10-2/h17,20-31H,9-16,18-19H2,1-8H3. The third kappa shape index (κ3) is 6.54. The molecule has 0 radical (unpaired) electrons. The van der Waals surface area contributed by atoms with E-state index in [9.17, 15) is 0 Å². The molecule has 0 amide bonds. The van der Waals surface area contributed by atoms with Crippen molar-refractivity contribution in [3.8, 4) is 0 Å². The summed E-state index contributed by atoms with van der Waals surface area (Å²) >= 11 is 0. The van der Waals surface area contributed by atoms with Crippen LogP contribution in [0, 0.1) is 41.5 Å². The van der Waals surface area contributed by atoms with Crippen LogP contribution in [-0.2, 0) is 12.8 Å². The molecule has 0 saturated heterocycles. The second-order valence-electron chi connectivity index (χ2n) is 15.7. The lowest BCUT2D eigenvalue weighted by Gasteiger charge is -2.45. The normalized spacial score (nSPS) is 13.0. The molecule has 0 spiro atoms. The summed E-state index contributed by atoms with van der Waals surface area (Å²) in [6.45, 7) is 18.6. The number of hydrogen-bond donors (Lipinski definition) is 0. The number of fused-ring (bicyclic) bond motifs is 4. The van der Waals surface area contributed by atoms with Crippen LogP contribution in [0.4, 0.5) is 34.1 Å². The van der Waals surface area contributed by atoms with Gasteiger partial charge in [-0.1, -0.05) is 118 Å². The van der Waals surface area contributed by atoms with Crippen molar-refractivity contribution >= 4 is 57.2 Å². The van der Waals surface area contributed by atoms with E-state index in [0.717, 1.165) is 12.8 Å². The van der Waals surface area contributed by atoms with Crippen LogP contribution in [0.3, 0.4) is 0 Å². The molecular weight excluding hydrogens is 615 g/mol. The molecular formula is C48H57BN2. The third-order valence-corrected chi connectivity index (χ3v) is 11.5. The maximum absolute atomic E-state index is 2.60. The molecule has 2 aliphatic heterocycles. The van der Waals surface area contributed by atoms with Gasteiger partial charge in [-0.2, -0.15) is 0 Å². The molecule has 2 nitrogen and oxygen atoms in total. The van der Waals surface area contributed by atoms with Crippen molar-refractivity contribution in [1.82, 2.24) is 0 Å². The zero-order valence-electron chi connectivity index (χ0n) is 32.5. The molecule has 3 heteroatoms. The maximum Gasteiger partial charge on any atom is 0.252 e. The zero-order valence-corrected chi connectivity index (χ0v) is 32.5. The largest absolute Gasteiger partial charge is 0.311 e. The Kier molecular flexibility index (Phi) is 10.2. The van der Waals surface area contributed by atoms with Crippen molar-refractivity contribution < 1.29 is 0 Å². The quantitative estimate of drug-likeness (QED) is 0.0942. The summed E-state index contributed by atoms with van der Waals surface area (Å²) in [5.74, 6) is 0. The first-order valence-corrected chi connectivity index (χ1v) is 19.9. The van der Waals surface area contributed by atoms with Gasteiger partial charge in [-0.15, -0.1) is 0 Å².